The van der Waals surface area contributed by atoms with Gasteiger partial charge < -0.3 is 15.2 Å². The van der Waals surface area contributed by atoms with Crippen LogP contribution in [-0.4, -0.2) is 22.1 Å². The third-order valence-electron chi connectivity index (χ3n) is 4.79. The first-order chi connectivity index (χ1) is 15.3. The molecular formula is C24H23N5O3. The normalized spacial score (nSPS) is 11.2. The van der Waals surface area contributed by atoms with Crippen LogP contribution in [0.15, 0.2) is 71.5 Å². The molecule has 0 fully saturated rings. The Morgan fingerprint density at radius 3 is 2.25 bits per heavy atom. The van der Waals surface area contributed by atoms with E-state index < -0.39 is 6.03 Å². The number of urea groups is 1. The Balaban J connectivity index is 1.35. The molecule has 4 rings (SSSR count). The van der Waals surface area contributed by atoms with Gasteiger partial charge in [-0.15, -0.1) is 0 Å². The van der Waals surface area contributed by atoms with Crippen LogP contribution in [0, 0.1) is 0 Å². The van der Waals surface area contributed by atoms with E-state index in [0.717, 1.165) is 10.8 Å². The van der Waals surface area contributed by atoms with Gasteiger partial charge in [0, 0.05) is 46.2 Å². The van der Waals surface area contributed by atoms with Gasteiger partial charge in [0.1, 0.15) is 5.76 Å². The minimum absolute atomic E-state index is 0.201. The SMILES string of the molecule is CC(C)(C)c1cc(NC(=O)Nc2ccc(NC(=O)c3ccc4cnccc4c3)cc2)no1. The maximum absolute atomic E-state index is 12.6. The first kappa shape index (κ1) is 21.0. The summed E-state index contributed by atoms with van der Waals surface area (Å²) in [6.45, 7) is 5.99. The van der Waals surface area contributed by atoms with Crippen LogP contribution in [0.5, 0.6) is 0 Å². The summed E-state index contributed by atoms with van der Waals surface area (Å²) in [5.41, 5.74) is 1.53. The van der Waals surface area contributed by atoms with Crippen molar-refractivity contribution in [1.82, 2.24) is 10.1 Å². The zero-order chi connectivity index (χ0) is 22.7. The lowest BCUT2D eigenvalue weighted by Crippen LogP contribution is -2.19. The molecule has 3 N–H and O–H groups in total. The van der Waals surface area contributed by atoms with Crippen molar-refractivity contribution in [1.29, 1.82) is 0 Å². The number of carbonyl (C=O) groups excluding carboxylic acids is 2. The fraction of sp³-hybridized carbons (Fsp3) is 0.167. The third kappa shape index (κ3) is 4.92. The highest BCUT2D eigenvalue weighted by Gasteiger charge is 2.20. The molecule has 0 saturated carbocycles. The van der Waals surface area contributed by atoms with E-state index in [0.29, 0.717) is 28.5 Å². The average molecular weight is 429 g/mol. The Bertz CT molecular complexity index is 1270. The Morgan fingerprint density at radius 1 is 0.844 bits per heavy atom. The molecule has 2 aromatic carbocycles. The van der Waals surface area contributed by atoms with Gasteiger partial charge in [0.15, 0.2) is 5.82 Å². The lowest BCUT2D eigenvalue weighted by atomic mass is 9.93. The van der Waals surface area contributed by atoms with E-state index >= 15 is 0 Å². The van der Waals surface area contributed by atoms with Crippen LogP contribution in [0.2, 0.25) is 0 Å². The molecule has 0 radical (unpaired) electrons. The lowest BCUT2D eigenvalue weighted by Gasteiger charge is -2.12. The van der Waals surface area contributed by atoms with Crippen molar-refractivity contribution in [2.75, 3.05) is 16.0 Å². The molecule has 32 heavy (non-hydrogen) atoms. The summed E-state index contributed by atoms with van der Waals surface area (Å²) in [7, 11) is 0. The third-order valence-corrected chi connectivity index (χ3v) is 4.79. The Morgan fingerprint density at radius 2 is 1.56 bits per heavy atom. The molecular weight excluding hydrogens is 406 g/mol. The Kier molecular flexibility index (Phi) is 5.59. The smallest absolute Gasteiger partial charge is 0.324 e. The number of hydrogen-bond acceptors (Lipinski definition) is 5. The number of nitrogens with one attached hydrogen (secondary N) is 3. The Labute approximate surface area is 185 Å². The molecule has 162 valence electrons. The molecule has 0 bridgehead atoms. The first-order valence-electron chi connectivity index (χ1n) is 10.1. The predicted molar refractivity (Wildman–Crippen MR) is 124 cm³/mol. The largest absolute Gasteiger partial charge is 0.359 e. The molecule has 0 aliphatic rings. The predicted octanol–water partition coefficient (Wildman–Crippen LogP) is 5.42. The van der Waals surface area contributed by atoms with E-state index in [9.17, 15) is 9.59 Å². The molecule has 0 saturated heterocycles. The minimum Gasteiger partial charge on any atom is -0.359 e. The van der Waals surface area contributed by atoms with Crippen molar-refractivity contribution in [2.24, 2.45) is 0 Å². The van der Waals surface area contributed by atoms with Gasteiger partial charge in [0.25, 0.3) is 5.91 Å². The molecule has 3 amide bonds. The topological polar surface area (TPSA) is 109 Å². The number of hydrogen-bond donors (Lipinski definition) is 3. The van der Waals surface area contributed by atoms with Gasteiger partial charge in [-0.3, -0.25) is 15.1 Å². The Hall–Kier alpha value is -4.20. The van der Waals surface area contributed by atoms with Crippen molar-refractivity contribution in [2.45, 2.75) is 26.2 Å². The fourth-order valence-corrected chi connectivity index (χ4v) is 3.03. The van der Waals surface area contributed by atoms with Gasteiger partial charge in [-0.1, -0.05) is 32.0 Å². The lowest BCUT2D eigenvalue weighted by molar-refractivity contribution is 0.102. The van der Waals surface area contributed by atoms with Crippen LogP contribution >= 0.6 is 0 Å². The van der Waals surface area contributed by atoms with Gasteiger partial charge in [0.05, 0.1) is 0 Å². The number of carbonyl (C=O) groups is 2. The van der Waals surface area contributed by atoms with Gasteiger partial charge in [-0.2, -0.15) is 0 Å². The zero-order valence-corrected chi connectivity index (χ0v) is 18.0. The highest BCUT2D eigenvalue weighted by Crippen LogP contribution is 2.24. The minimum atomic E-state index is -0.443. The molecule has 8 heteroatoms. The second-order valence-corrected chi connectivity index (χ2v) is 8.37. The molecule has 0 aliphatic heterocycles. The molecule has 0 spiro atoms. The van der Waals surface area contributed by atoms with E-state index in [1.807, 2.05) is 39.0 Å². The van der Waals surface area contributed by atoms with E-state index in [1.54, 1.807) is 48.8 Å². The molecule has 8 nitrogen and oxygen atoms in total. The summed E-state index contributed by atoms with van der Waals surface area (Å²) in [6, 6.07) is 15.4. The van der Waals surface area contributed by atoms with Crippen LogP contribution < -0.4 is 16.0 Å². The summed E-state index contributed by atoms with van der Waals surface area (Å²) >= 11 is 0. The molecule has 0 atom stereocenters. The van der Waals surface area contributed by atoms with Crippen LogP contribution in [0.4, 0.5) is 22.0 Å². The number of anilines is 3. The van der Waals surface area contributed by atoms with Crippen LogP contribution in [0.3, 0.4) is 0 Å². The quantitative estimate of drug-likeness (QED) is 0.401. The standard InChI is InChI=1S/C24H23N5O3/c1-24(2,3)20-13-21(29-32-20)28-23(31)27-19-8-6-18(7-9-19)26-22(30)16-4-5-17-14-25-11-10-15(17)12-16/h4-14H,1-3H3,(H,26,30)(H2,27,28,29,31). The molecule has 0 aliphatic carbocycles. The van der Waals surface area contributed by atoms with Crippen molar-refractivity contribution >= 4 is 39.9 Å². The second-order valence-electron chi connectivity index (χ2n) is 8.37. The highest BCUT2D eigenvalue weighted by atomic mass is 16.5. The number of pyridine rings is 1. The molecule has 4 aromatic rings. The summed E-state index contributed by atoms with van der Waals surface area (Å²) < 4.78 is 5.26. The van der Waals surface area contributed by atoms with Crippen LogP contribution in [-0.2, 0) is 5.41 Å². The van der Waals surface area contributed by atoms with E-state index in [2.05, 4.69) is 26.1 Å². The molecule has 0 unspecified atom stereocenters. The first-order valence-corrected chi connectivity index (χ1v) is 10.1. The van der Waals surface area contributed by atoms with Crippen molar-refractivity contribution in [3.63, 3.8) is 0 Å². The van der Waals surface area contributed by atoms with Crippen molar-refractivity contribution in [3.8, 4) is 0 Å². The summed E-state index contributed by atoms with van der Waals surface area (Å²) in [5, 5.41) is 14.0. The molecule has 2 heterocycles. The maximum atomic E-state index is 12.6. The zero-order valence-electron chi connectivity index (χ0n) is 18.0. The van der Waals surface area contributed by atoms with Crippen molar-refractivity contribution < 1.29 is 14.1 Å². The van der Waals surface area contributed by atoms with Crippen molar-refractivity contribution in [3.05, 3.63) is 78.3 Å². The molecule has 2 aromatic heterocycles. The van der Waals surface area contributed by atoms with Crippen LogP contribution in [0.25, 0.3) is 10.8 Å². The van der Waals surface area contributed by atoms with E-state index in [4.69, 9.17) is 4.52 Å². The number of benzene rings is 2. The number of nitrogens with zero attached hydrogens (tertiary/aromatic N) is 2. The van der Waals surface area contributed by atoms with Crippen LogP contribution in [0.1, 0.15) is 36.9 Å². The van der Waals surface area contributed by atoms with Gasteiger partial charge in [-0.05, 0) is 47.9 Å². The van der Waals surface area contributed by atoms with E-state index in [-0.39, 0.29) is 11.3 Å². The second kappa shape index (κ2) is 8.50. The highest BCUT2D eigenvalue weighted by molar-refractivity contribution is 6.06. The average Bonchev–Trinajstić information content (AvgIpc) is 3.23. The van der Waals surface area contributed by atoms with Gasteiger partial charge in [-0.25, -0.2) is 4.79 Å². The van der Waals surface area contributed by atoms with Gasteiger partial charge in [0.2, 0.25) is 0 Å². The monoisotopic (exact) mass is 429 g/mol. The summed E-state index contributed by atoms with van der Waals surface area (Å²) in [5.74, 6) is 0.793. The maximum Gasteiger partial charge on any atom is 0.324 e. The number of fused-ring (bicyclic) bond motifs is 1. The van der Waals surface area contributed by atoms with Gasteiger partial charge >= 0.3 is 6.03 Å². The summed E-state index contributed by atoms with van der Waals surface area (Å²) in [6.07, 6.45) is 3.45. The van der Waals surface area contributed by atoms with E-state index in [1.165, 1.54) is 0 Å². The fourth-order valence-electron chi connectivity index (χ4n) is 3.03. The number of amides is 3. The summed E-state index contributed by atoms with van der Waals surface area (Å²) in [4.78, 5) is 28.9. The number of rotatable bonds is 4. The number of aromatic nitrogens is 2.